The van der Waals surface area contributed by atoms with Crippen LogP contribution in [0.1, 0.15) is 23.1 Å². The van der Waals surface area contributed by atoms with Crippen LogP contribution in [0.2, 0.25) is 0 Å². The standard InChI is InChI=1S/C18H21BrN2O/c1-13-5-3-4-6-15(13)12-20-10-9-18(22)21-16-7-8-17(19)14(2)11-16/h3-8,11,20H,9-10,12H2,1-2H3,(H,21,22). The fraction of sp³-hybridized carbons (Fsp3) is 0.278. The molecule has 3 nitrogen and oxygen atoms in total. The lowest BCUT2D eigenvalue weighted by Gasteiger charge is -2.09. The summed E-state index contributed by atoms with van der Waals surface area (Å²) in [5, 5.41) is 6.23. The molecule has 0 saturated heterocycles. The third-order valence-corrected chi connectivity index (χ3v) is 4.44. The molecule has 0 bridgehead atoms. The second-order valence-corrected chi connectivity index (χ2v) is 6.22. The first-order valence-corrected chi connectivity index (χ1v) is 8.17. The molecule has 0 aliphatic rings. The van der Waals surface area contributed by atoms with E-state index in [1.165, 1.54) is 11.1 Å². The summed E-state index contributed by atoms with van der Waals surface area (Å²) in [6, 6.07) is 14.1. The number of carbonyl (C=O) groups is 1. The Morgan fingerprint density at radius 3 is 2.59 bits per heavy atom. The summed E-state index contributed by atoms with van der Waals surface area (Å²) in [5.74, 6) is 0.0269. The topological polar surface area (TPSA) is 41.1 Å². The van der Waals surface area contributed by atoms with Gasteiger partial charge in [0.1, 0.15) is 0 Å². The first-order chi connectivity index (χ1) is 10.6. The zero-order chi connectivity index (χ0) is 15.9. The Labute approximate surface area is 140 Å². The predicted octanol–water partition coefficient (Wildman–Crippen LogP) is 4.18. The Balaban J connectivity index is 1.74. The van der Waals surface area contributed by atoms with E-state index in [1.54, 1.807) is 0 Å². The van der Waals surface area contributed by atoms with Crippen LogP contribution < -0.4 is 10.6 Å². The molecule has 2 N–H and O–H groups in total. The highest BCUT2D eigenvalue weighted by molar-refractivity contribution is 9.10. The van der Waals surface area contributed by atoms with E-state index in [2.05, 4.69) is 45.6 Å². The number of carbonyl (C=O) groups excluding carboxylic acids is 1. The van der Waals surface area contributed by atoms with E-state index < -0.39 is 0 Å². The Kier molecular flexibility index (Phi) is 6.16. The van der Waals surface area contributed by atoms with Crippen LogP contribution in [0.3, 0.4) is 0 Å². The van der Waals surface area contributed by atoms with Crippen LogP contribution in [0.5, 0.6) is 0 Å². The van der Waals surface area contributed by atoms with Crippen molar-refractivity contribution in [2.75, 3.05) is 11.9 Å². The second kappa shape index (κ2) is 8.11. The minimum Gasteiger partial charge on any atom is -0.326 e. The fourth-order valence-corrected chi connectivity index (χ4v) is 2.43. The molecule has 4 heteroatoms. The van der Waals surface area contributed by atoms with Crippen LogP contribution in [0.25, 0.3) is 0 Å². The fourth-order valence-electron chi connectivity index (χ4n) is 2.18. The van der Waals surface area contributed by atoms with Crippen LogP contribution in [0.4, 0.5) is 5.69 Å². The number of hydrogen-bond acceptors (Lipinski definition) is 2. The minimum absolute atomic E-state index is 0.0269. The average Bonchev–Trinajstić information content (AvgIpc) is 2.49. The van der Waals surface area contributed by atoms with Gasteiger partial charge in [-0.2, -0.15) is 0 Å². The molecule has 0 heterocycles. The summed E-state index contributed by atoms with van der Waals surface area (Å²) in [6.07, 6.45) is 0.459. The van der Waals surface area contributed by atoms with Crippen molar-refractivity contribution >= 4 is 27.5 Å². The predicted molar refractivity (Wildman–Crippen MR) is 95.0 cm³/mol. The van der Waals surface area contributed by atoms with Gasteiger partial charge in [-0.15, -0.1) is 0 Å². The van der Waals surface area contributed by atoms with Crippen LogP contribution in [0.15, 0.2) is 46.9 Å². The number of nitrogens with one attached hydrogen (secondary N) is 2. The van der Waals surface area contributed by atoms with Gasteiger partial charge in [-0.25, -0.2) is 0 Å². The Bertz CT molecular complexity index is 655. The Morgan fingerprint density at radius 1 is 1.09 bits per heavy atom. The third-order valence-electron chi connectivity index (χ3n) is 3.55. The summed E-state index contributed by atoms with van der Waals surface area (Å²) in [6.45, 7) is 5.55. The van der Waals surface area contributed by atoms with Crippen LogP contribution in [0, 0.1) is 13.8 Å². The quantitative estimate of drug-likeness (QED) is 0.758. The molecule has 1 amide bonds. The van der Waals surface area contributed by atoms with Crippen LogP contribution >= 0.6 is 15.9 Å². The van der Waals surface area contributed by atoms with Crippen molar-refractivity contribution in [1.82, 2.24) is 5.32 Å². The van der Waals surface area contributed by atoms with Gasteiger partial charge in [-0.05, 0) is 48.7 Å². The molecule has 2 rings (SSSR count). The molecule has 0 aromatic heterocycles. The average molecular weight is 361 g/mol. The van der Waals surface area contributed by atoms with E-state index in [9.17, 15) is 4.79 Å². The molecule has 0 atom stereocenters. The molecule has 2 aromatic rings. The molecule has 0 saturated carbocycles. The van der Waals surface area contributed by atoms with Crippen LogP contribution in [-0.2, 0) is 11.3 Å². The highest BCUT2D eigenvalue weighted by Crippen LogP contribution is 2.20. The zero-order valence-corrected chi connectivity index (χ0v) is 14.5. The monoisotopic (exact) mass is 360 g/mol. The molecule has 0 aliphatic heterocycles. The van der Waals surface area contributed by atoms with Gasteiger partial charge < -0.3 is 10.6 Å². The highest BCUT2D eigenvalue weighted by Gasteiger charge is 2.04. The molecule has 0 radical (unpaired) electrons. The van der Waals surface area contributed by atoms with E-state index in [4.69, 9.17) is 0 Å². The van der Waals surface area contributed by atoms with E-state index in [-0.39, 0.29) is 5.91 Å². The molecule has 2 aromatic carbocycles. The van der Waals surface area contributed by atoms with Crippen molar-refractivity contribution in [3.63, 3.8) is 0 Å². The molecule has 0 aliphatic carbocycles. The number of rotatable bonds is 6. The second-order valence-electron chi connectivity index (χ2n) is 5.37. The number of amides is 1. The van der Waals surface area contributed by atoms with Gasteiger partial charge in [0.25, 0.3) is 0 Å². The molecule has 22 heavy (non-hydrogen) atoms. The molecule has 0 fully saturated rings. The first kappa shape index (κ1) is 16.7. The summed E-state index contributed by atoms with van der Waals surface area (Å²) < 4.78 is 1.05. The molecule has 0 spiro atoms. The zero-order valence-electron chi connectivity index (χ0n) is 12.9. The summed E-state index contributed by atoms with van der Waals surface area (Å²) >= 11 is 3.45. The van der Waals surface area contributed by atoms with Gasteiger partial charge in [0.05, 0.1) is 0 Å². The smallest absolute Gasteiger partial charge is 0.225 e. The van der Waals surface area contributed by atoms with E-state index in [0.29, 0.717) is 13.0 Å². The lowest BCUT2D eigenvalue weighted by Crippen LogP contribution is -2.21. The maximum Gasteiger partial charge on any atom is 0.225 e. The van der Waals surface area contributed by atoms with E-state index in [1.807, 2.05) is 37.3 Å². The number of halogens is 1. The summed E-state index contributed by atoms with van der Waals surface area (Å²) in [7, 11) is 0. The molecular formula is C18H21BrN2O. The van der Waals surface area contributed by atoms with Gasteiger partial charge in [-0.1, -0.05) is 40.2 Å². The highest BCUT2D eigenvalue weighted by atomic mass is 79.9. The Morgan fingerprint density at radius 2 is 1.86 bits per heavy atom. The summed E-state index contributed by atoms with van der Waals surface area (Å²) in [5.41, 5.74) is 4.48. The van der Waals surface area contributed by atoms with E-state index in [0.717, 1.165) is 22.3 Å². The van der Waals surface area contributed by atoms with Gasteiger partial charge in [0.15, 0.2) is 0 Å². The van der Waals surface area contributed by atoms with Crippen molar-refractivity contribution in [2.45, 2.75) is 26.8 Å². The number of aryl methyl sites for hydroxylation is 2. The van der Waals surface area contributed by atoms with Crippen molar-refractivity contribution in [3.05, 3.63) is 63.6 Å². The van der Waals surface area contributed by atoms with Gasteiger partial charge in [0, 0.05) is 29.7 Å². The number of hydrogen-bond donors (Lipinski definition) is 2. The molecular weight excluding hydrogens is 340 g/mol. The summed E-state index contributed by atoms with van der Waals surface area (Å²) in [4.78, 5) is 11.9. The Hall–Kier alpha value is -1.65. The number of anilines is 1. The molecule has 0 unspecified atom stereocenters. The van der Waals surface area contributed by atoms with Crippen LogP contribution in [-0.4, -0.2) is 12.5 Å². The molecule has 116 valence electrons. The van der Waals surface area contributed by atoms with Gasteiger partial charge in [0.2, 0.25) is 5.91 Å². The van der Waals surface area contributed by atoms with Crippen molar-refractivity contribution in [2.24, 2.45) is 0 Å². The lowest BCUT2D eigenvalue weighted by atomic mass is 10.1. The third kappa shape index (κ3) is 4.97. The van der Waals surface area contributed by atoms with Crippen molar-refractivity contribution < 1.29 is 4.79 Å². The first-order valence-electron chi connectivity index (χ1n) is 7.37. The normalized spacial score (nSPS) is 10.5. The van der Waals surface area contributed by atoms with E-state index >= 15 is 0 Å². The SMILES string of the molecule is Cc1cc(NC(=O)CCNCc2ccccc2C)ccc1Br. The number of benzene rings is 2. The lowest BCUT2D eigenvalue weighted by molar-refractivity contribution is -0.116. The van der Waals surface area contributed by atoms with Crippen molar-refractivity contribution in [1.29, 1.82) is 0 Å². The van der Waals surface area contributed by atoms with Gasteiger partial charge >= 0.3 is 0 Å². The maximum atomic E-state index is 11.9. The largest absolute Gasteiger partial charge is 0.326 e. The maximum absolute atomic E-state index is 11.9. The van der Waals surface area contributed by atoms with Gasteiger partial charge in [-0.3, -0.25) is 4.79 Å². The van der Waals surface area contributed by atoms with Crippen molar-refractivity contribution in [3.8, 4) is 0 Å². The minimum atomic E-state index is 0.0269.